The average Bonchev–Trinajstić information content (AvgIpc) is 3.32. The lowest BCUT2D eigenvalue weighted by Gasteiger charge is -2.33. The molecule has 3 heterocycles. The highest BCUT2D eigenvalue weighted by molar-refractivity contribution is 5.55. The molecule has 2 saturated heterocycles. The topological polar surface area (TPSA) is 60.6 Å². The number of methoxy groups -OCH3 is 1. The van der Waals surface area contributed by atoms with Crippen LogP contribution in [0.15, 0.2) is 28.8 Å². The maximum Gasteiger partial charge on any atom is 0.244 e. The zero-order valence-electron chi connectivity index (χ0n) is 14.0. The molecule has 1 unspecified atom stereocenters. The van der Waals surface area contributed by atoms with Crippen LogP contribution in [0.2, 0.25) is 0 Å². The predicted molar refractivity (Wildman–Crippen MR) is 88.8 cm³/mol. The summed E-state index contributed by atoms with van der Waals surface area (Å²) in [6.07, 6.45) is 4.45. The van der Waals surface area contributed by atoms with E-state index in [2.05, 4.69) is 15.0 Å². The fraction of sp³-hybridized carbons (Fsp3) is 0.556. The molecule has 6 nitrogen and oxygen atoms in total. The van der Waals surface area contributed by atoms with E-state index in [-0.39, 0.29) is 6.04 Å². The predicted octanol–water partition coefficient (Wildman–Crippen LogP) is 3.06. The average molecular weight is 329 g/mol. The van der Waals surface area contributed by atoms with Crippen molar-refractivity contribution in [2.75, 3.05) is 26.9 Å². The van der Waals surface area contributed by atoms with E-state index in [0.29, 0.717) is 11.9 Å². The van der Waals surface area contributed by atoms with Crippen molar-refractivity contribution in [3.63, 3.8) is 0 Å². The Kier molecular flexibility index (Phi) is 4.49. The third-order valence-corrected chi connectivity index (χ3v) is 5.03. The summed E-state index contributed by atoms with van der Waals surface area (Å²) in [4.78, 5) is 7.21. The van der Waals surface area contributed by atoms with Gasteiger partial charge in [-0.15, -0.1) is 0 Å². The number of likely N-dealkylation sites (tertiary alicyclic amines) is 1. The van der Waals surface area contributed by atoms with E-state index in [1.54, 1.807) is 7.11 Å². The lowest BCUT2D eigenvalue weighted by atomic mass is 10.1. The molecule has 0 radical (unpaired) electrons. The molecular weight excluding hydrogens is 306 g/mol. The Hall–Kier alpha value is -1.92. The van der Waals surface area contributed by atoms with E-state index >= 15 is 0 Å². The SMILES string of the molecule is COc1ccc(-c2noc(C3CCCN3C3CCOCC3)n2)cc1. The monoisotopic (exact) mass is 329 g/mol. The van der Waals surface area contributed by atoms with Crippen molar-refractivity contribution in [3.05, 3.63) is 30.2 Å². The smallest absolute Gasteiger partial charge is 0.244 e. The van der Waals surface area contributed by atoms with Gasteiger partial charge in [0.1, 0.15) is 5.75 Å². The number of rotatable bonds is 4. The second-order valence-corrected chi connectivity index (χ2v) is 6.42. The molecule has 128 valence electrons. The van der Waals surface area contributed by atoms with Crippen LogP contribution in [-0.4, -0.2) is 48.0 Å². The standard InChI is InChI=1S/C18H23N3O3/c1-22-15-6-4-13(5-7-15)17-19-18(24-20-17)16-3-2-10-21(16)14-8-11-23-12-9-14/h4-7,14,16H,2-3,8-12H2,1H3. The van der Waals surface area contributed by atoms with E-state index in [1.807, 2.05) is 24.3 Å². The molecule has 2 aromatic rings. The minimum absolute atomic E-state index is 0.243. The van der Waals surface area contributed by atoms with E-state index in [1.165, 1.54) is 6.42 Å². The van der Waals surface area contributed by atoms with Crippen LogP contribution in [-0.2, 0) is 4.74 Å². The first-order valence-corrected chi connectivity index (χ1v) is 8.66. The van der Waals surface area contributed by atoms with Crippen LogP contribution in [0.25, 0.3) is 11.4 Å². The van der Waals surface area contributed by atoms with Gasteiger partial charge in [0.05, 0.1) is 13.2 Å². The van der Waals surface area contributed by atoms with E-state index in [9.17, 15) is 0 Å². The zero-order valence-corrected chi connectivity index (χ0v) is 14.0. The normalized spacial score (nSPS) is 22.8. The van der Waals surface area contributed by atoms with Crippen molar-refractivity contribution < 1.29 is 14.0 Å². The summed E-state index contributed by atoms with van der Waals surface area (Å²) in [7, 11) is 1.66. The van der Waals surface area contributed by atoms with E-state index in [4.69, 9.17) is 14.0 Å². The van der Waals surface area contributed by atoms with Crippen molar-refractivity contribution in [1.29, 1.82) is 0 Å². The van der Waals surface area contributed by atoms with Crippen molar-refractivity contribution in [1.82, 2.24) is 15.0 Å². The molecule has 0 spiro atoms. The number of nitrogens with zero attached hydrogens (tertiary/aromatic N) is 3. The van der Waals surface area contributed by atoms with Crippen LogP contribution in [0.3, 0.4) is 0 Å². The molecule has 0 aliphatic carbocycles. The largest absolute Gasteiger partial charge is 0.497 e. The van der Waals surface area contributed by atoms with E-state index in [0.717, 1.165) is 56.2 Å². The Morgan fingerprint density at radius 1 is 1.12 bits per heavy atom. The number of hydrogen-bond acceptors (Lipinski definition) is 6. The first kappa shape index (κ1) is 15.6. The lowest BCUT2D eigenvalue weighted by Crippen LogP contribution is -2.39. The summed E-state index contributed by atoms with van der Waals surface area (Å²) in [5, 5.41) is 4.19. The van der Waals surface area contributed by atoms with Gasteiger partial charge in [-0.05, 0) is 56.5 Å². The van der Waals surface area contributed by atoms with Gasteiger partial charge in [-0.25, -0.2) is 0 Å². The maximum atomic E-state index is 5.62. The van der Waals surface area contributed by atoms with Gasteiger partial charge < -0.3 is 14.0 Å². The first-order valence-electron chi connectivity index (χ1n) is 8.66. The van der Waals surface area contributed by atoms with E-state index < -0.39 is 0 Å². The minimum atomic E-state index is 0.243. The molecule has 4 rings (SSSR count). The first-order chi connectivity index (χ1) is 11.8. The summed E-state index contributed by atoms with van der Waals surface area (Å²) < 4.78 is 16.3. The van der Waals surface area contributed by atoms with Crippen LogP contribution in [0.4, 0.5) is 0 Å². The van der Waals surface area contributed by atoms with Crippen molar-refractivity contribution in [2.24, 2.45) is 0 Å². The van der Waals surface area contributed by atoms with Gasteiger partial charge in [0, 0.05) is 24.8 Å². The van der Waals surface area contributed by atoms with Crippen LogP contribution in [0.1, 0.15) is 37.6 Å². The third-order valence-electron chi connectivity index (χ3n) is 5.03. The highest BCUT2D eigenvalue weighted by Gasteiger charge is 2.35. The Labute approximate surface area is 141 Å². The lowest BCUT2D eigenvalue weighted by molar-refractivity contribution is 0.0243. The van der Waals surface area contributed by atoms with Gasteiger partial charge in [0.15, 0.2) is 0 Å². The molecule has 24 heavy (non-hydrogen) atoms. The fourth-order valence-electron chi connectivity index (χ4n) is 3.74. The van der Waals surface area contributed by atoms with Crippen molar-refractivity contribution >= 4 is 0 Å². The van der Waals surface area contributed by atoms with Gasteiger partial charge in [0.2, 0.25) is 11.7 Å². The molecule has 0 bridgehead atoms. The van der Waals surface area contributed by atoms with Crippen molar-refractivity contribution in [2.45, 2.75) is 37.8 Å². The van der Waals surface area contributed by atoms with Crippen LogP contribution >= 0.6 is 0 Å². The Balaban J connectivity index is 1.52. The Morgan fingerprint density at radius 3 is 2.67 bits per heavy atom. The van der Waals surface area contributed by atoms with Gasteiger partial charge in [-0.3, -0.25) is 4.90 Å². The van der Waals surface area contributed by atoms with Crippen LogP contribution < -0.4 is 4.74 Å². The molecule has 6 heteroatoms. The van der Waals surface area contributed by atoms with Crippen LogP contribution in [0.5, 0.6) is 5.75 Å². The number of aromatic nitrogens is 2. The highest BCUT2D eigenvalue weighted by atomic mass is 16.5. The summed E-state index contributed by atoms with van der Waals surface area (Å²) in [5.74, 6) is 2.21. The summed E-state index contributed by atoms with van der Waals surface area (Å²) >= 11 is 0. The molecule has 0 amide bonds. The number of ether oxygens (including phenoxy) is 2. The number of benzene rings is 1. The molecule has 0 saturated carbocycles. The molecular formula is C18H23N3O3. The maximum absolute atomic E-state index is 5.62. The molecule has 0 N–H and O–H groups in total. The van der Waals surface area contributed by atoms with Gasteiger partial charge in [-0.2, -0.15) is 4.98 Å². The zero-order chi connectivity index (χ0) is 16.4. The third kappa shape index (κ3) is 3.03. The summed E-state index contributed by atoms with van der Waals surface area (Å²) in [6.45, 7) is 2.82. The molecule has 2 fully saturated rings. The number of hydrogen-bond donors (Lipinski definition) is 0. The summed E-state index contributed by atoms with van der Waals surface area (Å²) in [5.41, 5.74) is 0.946. The second-order valence-electron chi connectivity index (χ2n) is 6.42. The Morgan fingerprint density at radius 2 is 1.92 bits per heavy atom. The summed E-state index contributed by atoms with van der Waals surface area (Å²) in [6, 6.07) is 8.55. The van der Waals surface area contributed by atoms with Gasteiger partial charge >= 0.3 is 0 Å². The fourth-order valence-corrected chi connectivity index (χ4v) is 3.74. The molecule has 2 aliphatic heterocycles. The quantitative estimate of drug-likeness (QED) is 0.859. The van der Waals surface area contributed by atoms with Crippen LogP contribution in [0, 0.1) is 0 Å². The molecule has 1 aromatic heterocycles. The molecule has 2 aliphatic rings. The molecule has 1 aromatic carbocycles. The second kappa shape index (κ2) is 6.91. The van der Waals surface area contributed by atoms with Gasteiger partial charge in [0.25, 0.3) is 0 Å². The van der Waals surface area contributed by atoms with Gasteiger partial charge in [-0.1, -0.05) is 5.16 Å². The Bertz CT molecular complexity index is 664. The minimum Gasteiger partial charge on any atom is -0.497 e. The molecule has 1 atom stereocenters. The van der Waals surface area contributed by atoms with Crippen molar-refractivity contribution in [3.8, 4) is 17.1 Å². The highest BCUT2D eigenvalue weighted by Crippen LogP contribution is 2.35.